The molecule has 238 valence electrons. The van der Waals surface area contributed by atoms with Crippen molar-refractivity contribution < 1.29 is 38.0 Å². The lowest BCUT2D eigenvalue weighted by Crippen LogP contribution is -2.70. The van der Waals surface area contributed by atoms with E-state index < -0.39 is 71.0 Å². The monoisotopic (exact) mass is 619 g/mol. The van der Waals surface area contributed by atoms with Crippen LogP contribution in [-0.4, -0.2) is 52.3 Å². The molecule has 4 fully saturated rings. The minimum absolute atomic E-state index is 0.117. The first-order valence-corrected chi connectivity index (χ1v) is 15.5. The molecule has 2 aromatic carbocycles. The molecule has 0 aromatic heterocycles. The third-order valence-corrected chi connectivity index (χ3v) is 11.5. The molecular formula is C36H39F2NO6. The van der Waals surface area contributed by atoms with Crippen LogP contribution in [0.15, 0.2) is 84.5 Å². The smallest absolute Gasteiger partial charge is 0.193 e. The minimum Gasteiger partial charge on any atom is -0.489 e. The topological polar surface area (TPSA) is 111 Å². The maximum atomic E-state index is 17.6. The number of alkyl halides is 2. The van der Waals surface area contributed by atoms with Crippen LogP contribution in [-0.2, 0) is 20.9 Å². The third-order valence-electron chi connectivity index (χ3n) is 11.5. The third kappa shape index (κ3) is 4.10. The number of nitrogen functional groups attached to an aromatic ring is 1. The van der Waals surface area contributed by atoms with Crippen LogP contribution in [0.25, 0.3) is 0 Å². The average molecular weight is 620 g/mol. The first-order chi connectivity index (χ1) is 21.4. The highest BCUT2D eigenvalue weighted by Crippen LogP contribution is 2.72. The molecule has 7 nitrogen and oxygen atoms in total. The quantitative estimate of drug-likeness (QED) is 0.368. The number of hydrogen-bond donors (Lipinski definition) is 3. The number of aliphatic hydroxyl groups is 2. The molecule has 0 radical (unpaired) electrons. The Bertz CT molecular complexity index is 1610. The van der Waals surface area contributed by atoms with Crippen molar-refractivity contribution in [1.82, 2.24) is 0 Å². The highest BCUT2D eigenvalue weighted by molar-refractivity contribution is 5.91. The van der Waals surface area contributed by atoms with E-state index in [1.807, 2.05) is 18.2 Å². The first-order valence-electron chi connectivity index (χ1n) is 15.5. The second-order valence-corrected chi connectivity index (χ2v) is 13.8. The number of rotatable bonds is 6. The van der Waals surface area contributed by atoms with Crippen molar-refractivity contribution in [2.45, 2.75) is 75.7 Å². The van der Waals surface area contributed by atoms with Crippen LogP contribution in [0.5, 0.6) is 5.75 Å². The number of Topliss-reactive ketones (excluding diaryl/α,β-unsaturated/α-hetero) is 1. The SMILES string of the molecule is C=C1C=C[C@@]2(C)C(=C1)[C@@H](F)C[C@H]1[C@@H]3C[C@H]4O[C@H](c5ccc(OCc6cccc(N)c6)cc5)O[C@@]4(C(=O)CO)[C@@]3(C)C[C@H](O)[C@@]12F. The van der Waals surface area contributed by atoms with Gasteiger partial charge in [0.05, 0.1) is 12.2 Å². The molecule has 4 aliphatic carbocycles. The van der Waals surface area contributed by atoms with E-state index in [9.17, 15) is 15.0 Å². The summed E-state index contributed by atoms with van der Waals surface area (Å²) < 4.78 is 52.4. The van der Waals surface area contributed by atoms with Gasteiger partial charge in [0, 0.05) is 28.0 Å². The number of anilines is 1. The first kappa shape index (κ1) is 30.3. The lowest BCUT2D eigenvalue weighted by molar-refractivity contribution is -0.235. The lowest BCUT2D eigenvalue weighted by atomic mass is 9.44. The number of allylic oxidation sites excluding steroid dienone is 5. The fourth-order valence-corrected chi connectivity index (χ4v) is 9.36. The Hall–Kier alpha value is -3.37. The van der Waals surface area contributed by atoms with E-state index in [4.69, 9.17) is 19.9 Å². The normalized spacial score (nSPS) is 41.5. The highest BCUT2D eigenvalue weighted by atomic mass is 19.1. The summed E-state index contributed by atoms with van der Waals surface area (Å²) in [6, 6.07) is 14.5. The molecule has 7 rings (SSSR count). The molecule has 0 amide bonds. The Labute approximate surface area is 261 Å². The molecule has 1 heterocycles. The zero-order valence-corrected chi connectivity index (χ0v) is 25.4. The van der Waals surface area contributed by atoms with E-state index in [-0.39, 0.29) is 24.8 Å². The molecule has 5 aliphatic rings. The Kier molecular flexibility index (Phi) is 6.95. The zero-order valence-electron chi connectivity index (χ0n) is 25.4. The maximum absolute atomic E-state index is 17.6. The van der Waals surface area contributed by atoms with E-state index in [0.29, 0.717) is 29.2 Å². The Balaban J connectivity index is 1.18. The van der Waals surface area contributed by atoms with E-state index in [1.165, 1.54) is 0 Å². The van der Waals surface area contributed by atoms with Gasteiger partial charge in [-0.15, -0.1) is 0 Å². The van der Waals surface area contributed by atoms with E-state index in [2.05, 4.69) is 6.58 Å². The van der Waals surface area contributed by atoms with Crippen LogP contribution < -0.4 is 10.5 Å². The molecule has 4 N–H and O–H groups in total. The summed E-state index contributed by atoms with van der Waals surface area (Å²) in [7, 11) is 0. The van der Waals surface area contributed by atoms with Gasteiger partial charge in [-0.1, -0.05) is 56.0 Å². The molecule has 1 aliphatic heterocycles. The fourth-order valence-electron chi connectivity index (χ4n) is 9.36. The number of hydrogen-bond acceptors (Lipinski definition) is 7. The number of ether oxygens (including phenoxy) is 3. The second-order valence-electron chi connectivity index (χ2n) is 13.8. The summed E-state index contributed by atoms with van der Waals surface area (Å²) in [6.07, 6.45) is 0.116. The predicted molar refractivity (Wildman–Crippen MR) is 163 cm³/mol. The largest absolute Gasteiger partial charge is 0.489 e. The summed E-state index contributed by atoms with van der Waals surface area (Å²) in [5.74, 6) is -1.45. The van der Waals surface area contributed by atoms with Crippen molar-refractivity contribution in [3.63, 3.8) is 0 Å². The Morgan fingerprint density at radius 1 is 1.16 bits per heavy atom. The summed E-state index contributed by atoms with van der Waals surface area (Å²) >= 11 is 0. The number of benzene rings is 2. The van der Waals surface area contributed by atoms with Gasteiger partial charge in [0.15, 0.2) is 23.3 Å². The van der Waals surface area contributed by atoms with Crippen LogP contribution in [0.4, 0.5) is 14.5 Å². The van der Waals surface area contributed by atoms with Gasteiger partial charge in [-0.2, -0.15) is 0 Å². The van der Waals surface area contributed by atoms with E-state index in [1.54, 1.807) is 62.4 Å². The molecule has 3 saturated carbocycles. The number of halogens is 2. The zero-order chi connectivity index (χ0) is 31.9. The van der Waals surface area contributed by atoms with E-state index in [0.717, 1.165) is 5.56 Å². The average Bonchev–Trinajstić information content (AvgIpc) is 3.52. The molecule has 0 spiro atoms. The van der Waals surface area contributed by atoms with Crippen molar-refractivity contribution in [3.8, 4) is 5.75 Å². The van der Waals surface area contributed by atoms with Gasteiger partial charge in [-0.25, -0.2) is 8.78 Å². The Morgan fingerprint density at radius 2 is 1.91 bits per heavy atom. The molecule has 45 heavy (non-hydrogen) atoms. The molecular weight excluding hydrogens is 580 g/mol. The number of carbonyl (C=O) groups excluding carboxylic acids is 1. The molecule has 2 aromatic rings. The standard InChI is InChI=1S/C36H39F2NO6/c1-20-11-12-33(2)27(13-20)28(37)15-26-25-16-31-36(30(42)18-40,34(25,3)17-29(41)35(26,33)38)45-32(44-31)22-7-9-24(10-8-22)43-19-21-5-4-6-23(39)14-21/h4-14,25-26,28-29,31-32,40-41H,1,15-19,39H2,2-3H3/t25-,26-,28-,29-,31+,32-,33-,34-,35-,36+/m0/s1. The molecule has 0 unspecified atom stereocenters. The molecule has 10 atom stereocenters. The van der Waals surface area contributed by atoms with Crippen molar-refractivity contribution in [2.75, 3.05) is 12.3 Å². The van der Waals surface area contributed by atoms with Gasteiger partial charge in [0.2, 0.25) is 0 Å². The number of ketones is 1. The van der Waals surface area contributed by atoms with Crippen molar-refractivity contribution in [3.05, 3.63) is 95.6 Å². The van der Waals surface area contributed by atoms with Crippen LogP contribution in [0.3, 0.4) is 0 Å². The Morgan fingerprint density at radius 3 is 2.62 bits per heavy atom. The van der Waals surface area contributed by atoms with Gasteiger partial charge in [-0.05, 0) is 73.1 Å². The van der Waals surface area contributed by atoms with Crippen molar-refractivity contribution >= 4 is 11.5 Å². The number of nitrogens with two attached hydrogens (primary N) is 1. The molecule has 1 saturated heterocycles. The number of carbonyl (C=O) groups is 1. The van der Waals surface area contributed by atoms with Crippen LogP contribution >= 0.6 is 0 Å². The van der Waals surface area contributed by atoms with Crippen molar-refractivity contribution in [2.24, 2.45) is 22.7 Å². The maximum Gasteiger partial charge on any atom is 0.193 e. The minimum atomic E-state index is -2.19. The van der Waals surface area contributed by atoms with Gasteiger partial charge < -0.3 is 30.2 Å². The van der Waals surface area contributed by atoms with Gasteiger partial charge in [0.25, 0.3) is 0 Å². The molecule has 9 heteroatoms. The lowest BCUT2D eigenvalue weighted by Gasteiger charge is -2.63. The van der Waals surface area contributed by atoms with Gasteiger partial charge >= 0.3 is 0 Å². The number of aliphatic hydroxyl groups excluding tert-OH is 2. The summed E-state index contributed by atoms with van der Waals surface area (Å²) in [4.78, 5) is 13.7. The molecule has 0 bridgehead atoms. The second kappa shape index (κ2) is 10.3. The van der Waals surface area contributed by atoms with Crippen molar-refractivity contribution in [1.29, 1.82) is 0 Å². The highest BCUT2D eigenvalue weighted by Gasteiger charge is 2.80. The predicted octanol–water partition coefficient (Wildman–Crippen LogP) is 5.48. The fraction of sp³-hybridized carbons (Fsp3) is 0.472. The van der Waals surface area contributed by atoms with Gasteiger partial charge in [-0.3, -0.25) is 4.79 Å². The van der Waals surface area contributed by atoms with Gasteiger partial charge in [0.1, 0.15) is 25.1 Å². The van der Waals surface area contributed by atoms with Crippen LogP contribution in [0, 0.1) is 22.7 Å². The summed E-state index contributed by atoms with van der Waals surface area (Å²) in [5, 5.41) is 21.9. The van der Waals surface area contributed by atoms with E-state index >= 15 is 8.78 Å². The van der Waals surface area contributed by atoms with Crippen LogP contribution in [0.1, 0.15) is 50.5 Å². The summed E-state index contributed by atoms with van der Waals surface area (Å²) in [5.41, 5.74) is 2.58. The van der Waals surface area contributed by atoms with Crippen LogP contribution in [0.2, 0.25) is 0 Å². The number of fused-ring (bicyclic) bond motifs is 7. The summed E-state index contributed by atoms with van der Waals surface area (Å²) in [6.45, 7) is 6.86.